The zero-order valence-electron chi connectivity index (χ0n) is 16.1. The number of aliphatic hydroxyl groups excluding tert-OH is 1. The van der Waals surface area contributed by atoms with E-state index in [1.54, 1.807) is 12.1 Å². The van der Waals surface area contributed by atoms with Crippen molar-refractivity contribution in [3.63, 3.8) is 0 Å². The van der Waals surface area contributed by atoms with Gasteiger partial charge in [-0.05, 0) is 42.2 Å². The Hall–Kier alpha value is -1.94. The van der Waals surface area contributed by atoms with E-state index in [0.717, 1.165) is 13.0 Å². The van der Waals surface area contributed by atoms with E-state index in [0.29, 0.717) is 24.0 Å². The summed E-state index contributed by atoms with van der Waals surface area (Å²) >= 11 is 0. The van der Waals surface area contributed by atoms with Crippen molar-refractivity contribution in [1.29, 1.82) is 0 Å². The van der Waals surface area contributed by atoms with Gasteiger partial charge in [-0.3, -0.25) is 4.99 Å². The van der Waals surface area contributed by atoms with E-state index in [9.17, 15) is 13.9 Å². The van der Waals surface area contributed by atoms with Crippen molar-refractivity contribution in [2.75, 3.05) is 19.6 Å². The van der Waals surface area contributed by atoms with Gasteiger partial charge in [0.05, 0.1) is 12.6 Å². The van der Waals surface area contributed by atoms with Gasteiger partial charge < -0.3 is 20.5 Å². The van der Waals surface area contributed by atoms with Crippen LogP contribution in [0, 0.1) is 0 Å². The van der Waals surface area contributed by atoms with E-state index < -0.39 is 12.7 Å². The first-order valence-electron chi connectivity index (χ1n) is 9.39. The van der Waals surface area contributed by atoms with Gasteiger partial charge in [0, 0.05) is 19.0 Å². The molecule has 0 aliphatic heterocycles. The summed E-state index contributed by atoms with van der Waals surface area (Å²) in [6.45, 7) is 0.762. The van der Waals surface area contributed by atoms with Gasteiger partial charge in [0.1, 0.15) is 5.75 Å². The minimum atomic E-state index is -2.86. The van der Waals surface area contributed by atoms with Crippen LogP contribution in [0.4, 0.5) is 8.78 Å². The molecule has 0 radical (unpaired) electrons. The molecule has 29 heavy (non-hydrogen) atoms. The summed E-state index contributed by atoms with van der Waals surface area (Å²) < 4.78 is 28.7. The molecule has 0 saturated carbocycles. The molecule has 1 aliphatic carbocycles. The average Bonchev–Trinajstić information content (AvgIpc) is 2.66. The molecule has 0 heterocycles. The normalized spacial score (nSPS) is 16.3. The van der Waals surface area contributed by atoms with Crippen LogP contribution in [0.1, 0.15) is 35.6 Å². The van der Waals surface area contributed by atoms with E-state index in [-0.39, 0.29) is 36.3 Å². The summed E-state index contributed by atoms with van der Waals surface area (Å²) in [5, 5.41) is 16.8. The number of guanidine groups is 1. The molecule has 2 aromatic rings. The third-order valence-corrected chi connectivity index (χ3v) is 4.73. The van der Waals surface area contributed by atoms with Crippen molar-refractivity contribution >= 4 is 29.9 Å². The molecule has 0 spiro atoms. The first-order chi connectivity index (χ1) is 13.6. The van der Waals surface area contributed by atoms with Crippen LogP contribution < -0.4 is 15.4 Å². The smallest absolute Gasteiger partial charge is 0.387 e. The Morgan fingerprint density at radius 3 is 2.55 bits per heavy atom. The molecule has 0 fully saturated rings. The second-order valence-electron chi connectivity index (χ2n) is 6.66. The Balaban J connectivity index is 0.00000300. The number of aliphatic imine (C=N–C) groups is 1. The van der Waals surface area contributed by atoms with Gasteiger partial charge in [-0.2, -0.15) is 8.78 Å². The van der Waals surface area contributed by atoms with Gasteiger partial charge in [-0.1, -0.05) is 36.4 Å². The standard InChI is InChI=1S/C21H25F2N3O2.HI/c1-2-24-21(25-12-16-11-15-5-3-4-6-18(15)16)26-13-19(27)14-7-9-17(10-8-14)28-20(22)23;/h3-10,16,19-20,27H,2,11-13H2,1H3,(H2,24,25,26);1H. The maximum absolute atomic E-state index is 12.2. The number of rotatable bonds is 8. The van der Waals surface area contributed by atoms with E-state index in [4.69, 9.17) is 0 Å². The Morgan fingerprint density at radius 1 is 1.17 bits per heavy atom. The minimum Gasteiger partial charge on any atom is -0.435 e. The molecular formula is C21H26F2IN3O2. The van der Waals surface area contributed by atoms with Gasteiger partial charge in [0.15, 0.2) is 5.96 Å². The van der Waals surface area contributed by atoms with Gasteiger partial charge in [-0.25, -0.2) is 0 Å². The maximum Gasteiger partial charge on any atom is 0.387 e. The molecule has 0 amide bonds. The number of ether oxygens (including phenoxy) is 1. The largest absolute Gasteiger partial charge is 0.435 e. The molecule has 0 aromatic heterocycles. The molecular weight excluding hydrogens is 491 g/mol. The van der Waals surface area contributed by atoms with E-state index >= 15 is 0 Å². The molecule has 158 valence electrons. The molecule has 2 unspecified atom stereocenters. The number of benzene rings is 2. The molecule has 2 aromatic carbocycles. The SMILES string of the molecule is CCNC(=NCC(O)c1ccc(OC(F)F)cc1)NCC1Cc2ccccc21.I. The number of hydrogen-bond acceptors (Lipinski definition) is 3. The second-order valence-corrected chi connectivity index (χ2v) is 6.66. The average molecular weight is 517 g/mol. The summed E-state index contributed by atoms with van der Waals surface area (Å²) in [6.07, 6.45) is 0.221. The first-order valence-corrected chi connectivity index (χ1v) is 9.39. The van der Waals surface area contributed by atoms with Crippen LogP contribution in [0.3, 0.4) is 0 Å². The highest BCUT2D eigenvalue weighted by Crippen LogP contribution is 2.33. The number of nitrogens with zero attached hydrogens (tertiary/aromatic N) is 1. The second kappa shape index (κ2) is 11.3. The number of fused-ring (bicyclic) bond motifs is 1. The fourth-order valence-electron chi connectivity index (χ4n) is 3.26. The summed E-state index contributed by atoms with van der Waals surface area (Å²) in [7, 11) is 0. The zero-order valence-corrected chi connectivity index (χ0v) is 18.5. The monoisotopic (exact) mass is 517 g/mol. The highest BCUT2D eigenvalue weighted by atomic mass is 127. The molecule has 2 atom stereocenters. The van der Waals surface area contributed by atoms with Crippen LogP contribution in [0.5, 0.6) is 5.75 Å². The van der Waals surface area contributed by atoms with Gasteiger partial charge in [0.2, 0.25) is 0 Å². The van der Waals surface area contributed by atoms with Crippen molar-refractivity contribution < 1.29 is 18.6 Å². The summed E-state index contributed by atoms with van der Waals surface area (Å²) in [6, 6.07) is 14.4. The maximum atomic E-state index is 12.2. The van der Waals surface area contributed by atoms with Crippen molar-refractivity contribution in [2.24, 2.45) is 4.99 Å². The first kappa shape index (κ1) is 23.3. The number of hydrogen-bond donors (Lipinski definition) is 3. The quantitative estimate of drug-likeness (QED) is 0.283. The number of halogens is 3. The highest BCUT2D eigenvalue weighted by Gasteiger charge is 2.25. The third-order valence-electron chi connectivity index (χ3n) is 4.73. The van der Waals surface area contributed by atoms with Gasteiger partial charge >= 0.3 is 6.61 Å². The van der Waals surface area contributed by atoms with Crippen molar-refractivity contribution in [1.82, 2.24) is 10.6 Å². The van der Waals surface area contributed by atoms with E-state index in [1.807, 2.05) is 6.92 Å². The molecule has 3 N–H and O–H groups in total. The topological polar surface area (TPSA) is 65.9 Å². The minimum absolute atomic E-state index is 0. The molecule has 0 saturated heterocycles. The lowest BCUT2D eigenvalue weighted by Gasteiger charge is -2.30. The Bertz CT molecular complexity index is 803. The fraction of sp³-hybridized carbons (Fsp3) is 0.381. The number of aliphatic hydroxyl groups is 1. The highest BCUT2D eigenvalue weighted by molar-refractivity contribution is 14.0. The molecule has 5 nitrogen and oxygen atoms in total. The molecule has 8 heteroatoms. The Morgan fingerprint density at radius 2 is 1.90 bits per heavy atom. The van der Waals surface area contributed by atoms with Crippen LogP contribution in [0.2, 0.25) is 0 Å². The summed E-state index contributed by atoms with van der Waals surface area (Å²) in [5.41, 5.74) is 3.36. The van der Waals surface area contributed by atoms with Gasteiger partial charge in [-0.15, -0.1) is 24.0 Å². The van der Waals surface area contributed by atoms with Crippen LogP contribution in [0.15, 0.2) is 53.5 Å². The summed E-state index contributed by atoms with van der Waals surface area (Å²) in [5.74, 6) is 1.17. The fourth-order valence-corrected chi connectivity index (χ4v) is 3.26. The lowest BCUT2D eigenvalue weighted by Crippen LogP contribution is -2.41. The van der Waals surface area contributed by atoms with E-state index in [2.05, 4.69) is 44.6 Å². The summed E-state index contributed by atoms with van der Waals surface area (Å²) in [4.78, 5) is 4.44. The van der Waals surface area contributed by atoms with Crippen LogP contribution in [0.25, 0.3) is 0 Å². The molecule has 0 bridgehead atoms. The predicted molar refractivity (Wildman–Crippen MR) is 120 cm³/mol. The molecule has 3 rings (SSSR count). The van der Waals surface area contributed by atoms with Crippen molar-refractivity contribution in [3.8, 4) is 5.75 Å². The number of nitrogens with one attached hydrogen (secondary N) is 2. The van der Waals surface area contributed by atoms with Crippen molar-refractivity contribution in [2.45, 2.75) is 32.0 Å². The van der Waals surface area contributed by atoms with Crippen LogP contribution >= 0.6 is 24.0 Å². The lowest BCUT2D eigenvalue weighted by molar-refractivity contribution is -0.0498. The third kappa shape index (κ3) is 6.53. The van der Waals surface area contributed by atoms with Crippen LogP contribution in [-0.2, 0) is 6.42 Å². The van der Waals surface area contributed by atoms with Crippen molar-refractivity contribution in [3.05, 3.63) is 65.2 Å². The number of alkyl halides is 2. The Kier molecular flexibility index (Phi) is 9.09. The lowest BCUT2D eigenvalue weighted by atomic mass is 9.78. The van der Waals surface area contributed by atoms with E-state index in [1.165, 1.54) is 23.3 Å². The zero-order chi connectivity index (χ0) is 19.9. The predicted octanol–water partition coefficient (Wildman–Crippen LogP) is 3.83. The molecule has 1 aliphatic rings. The van der Waals surface area contributed by atoms with Gasteiger partial charge in [0.25, 0.3) is 0 Å². The van der Waals surface area contributed by atoms with Crippen LogP contribution in [-0.4, -0.2) is 37.3 Å². The Labute approximate surface area is 186 Å².